The molecule has 0 aliphatic rings. The maximum atomic E-state index is 11.9. The third-order valence-corrected chi connectivity index (χ3v) is 5.18. The summed E-state index contributed by atoms with van der Waals surface area (Å²) >= 11 is 0. The van der Waals surface area contributed by atoms with E-state index in [4.69, 9.17) is 39.4 Å². The van der Waals surface area contributed by atoms with Crippen LogP contribution in [0.1, 0.15) is 40.5 Å². The number of carbonyl (C=O) groups excluding carboxylic acids is 2. The molecule has 2 aromatic rings. The van der Waals surface area contributed by atoms with Crippen LogP contribution in [0.25, 0.3) is 0 Å². The highest BCUT2D eigenvalue weighted by Crippen LogP contribution is 2.20. The van der Waals surface area contributed by atoms with Gasteiger partial charge in [0.05, 0.1) is 36.7 Å². The Morgan fingerprint density at radius 3 is 1.73 bits per heavy atom. The van der Waals surface area contributed by atoms with Crippen LogP contribution in [0.15, 0.2) is 48.5 Å². The summed E-state index contributed by atoms with van der Waals surface area (Å²) in [5.41, 5.74) is 7.56. The van der Waals surface area contributed by atoms with Gasteiger partial charge in [-0.1, -0.05) is 0 Å². The van der Waals surface area contributed by atoms with Gasteiger partial charge in [0.2, 0.25) is 0 Å². The van der Waals surface area contributed by atoms with Crippen LogP contribution in [0.2, 0.25) is 0 Å². The summed E-state index contributed by atoms with van der Waals surface area (Å²) in [6.45, 7) is 8.40. The van der Waals surface area contributed by atoms with E-state index in [-0.39, 0.29) is 19.8 Å². The van der Waals surface area contributed by atoms with Gasteiger partial charge in [0.25, 0.3) is 0 Å². The second-order valence-corrected chi connectivity index (χ2v) is 9.32. The lowest BCUT2D eigenvalue weighted by atomic mass is 10.0. The van der Waals surface area contributed by atoms with Crippen LogP contribution < -0.4 is 20.7 Å². The molecule has 204 valence electrons. The van der Waals surface area contributed by atoms with Crippen molar-refractivity contribution in [3.05, 3.63) is 48.5 Å². The van der Waals surface area contributed by atoms with Gasteiger partial charge in [-0.15, -0.1) is 0 Å². The molecule has 0 heterocycles. The van der Waals surface area contributed by atoms with Gasteiger partial charge < -0.3 is 34.2 Å². The highest BCUT2D eigenvalue weighted by atomic mass is 16.7. The Bertz CT molecular complexity index is 977. The van der Waals surface area contributed by atoms with E-state index in [1.165, 1.54) is 12.1 Å². The molecule has 0 aliphatic carbocycles. The van der Waals surface area contributed by atoms with Crippen LogP contribution in [-0.2, 0) is 18.9 Å². The van der Waals surface area contributed by atoms with Crippen molar-refractivity contribution >= 4 is 23.7 Å². The standard InChI is InChI=1S/C26H36N2O9/c1-25(2,13-15-32-23(29)37-22-11-7-20(28-31)8-12-22)34-16-14-26(3,4)35-18-17-33-24(30)36-21-9-5-19(27)6-10-21/h5-12,28,31H,13-18,27H2,1-4H3. The summed E-state index contributed by atoms with van der Waals surface area (Å²) in [6, 6.07) is 12.5. The molecule has 11 heteroatoms. The van der Waals surface area contributed by atoms with E-state index in [1.54, 1.807) is 36.4 Å². The molecule has 0 amide bonds. The summed E-state index contributed by atoms with van der Waals surface area (Å²) in [5, 5.41) is 8.80. The van der Waals surface area contributed by atoms with E-state index in [2.05, 4.69) is 0 Å². The maximum Gasteiger partial charge on any atom is 0.513 e. The topological polar surface area (TPSA) is 148 Å². The van der Waals surface area contributed by atoms with Gasteiger partial charge in [0.1, 0.15) is 18.1 Å². The number of ether oxygens (including phenoxy) is 6. The fourth-order valence-corrected chi connectivity index (χ4v) is 2.93. The van der Waals surface area contributed by atoms with Gasteiger partial charge in [-0.2, -0.15) is 0 Å². The Labute approximate surface area is 216 Å². The molecule has 37 heavy (non-hydrogen) atoms. The zero-order chi connectivity index (χ0) is 27.3. The summed E-state index contributed by atoms with van der Waals surface area (Å²) in [5.74, 6) is 0.639. The number of nitrogen functional groups attached to an aromatic ring is 1. The van der Waals surface area contributed by atoms with Crippen LogP contribution in [0, 0.1) is 0 Å². The fraction of sp³-hybridized carbons (Fsp3) is 0.462. The average Bonchev–Trinajstić information content (AvgIpc) is 2.83. The van der Waals surface area contributed by atoms with Crippen molar-refractivity contribution in [1.29, 1.82) is 0 Å². The van der Waals surface area contributed by atoms with Crippen molar-refractivity contribution in [3.63, 3.8) is 0 Å². The fourth-order valence-electron chi connectivity index (χ4n) is 2.93. The van der Waals surface area contributed by atoms with Gasteiger partial charge in [-0.3, -0.25) is 10.7 Å². The number of benzene rings is 2. The minimum Gasteiger partial charge on any atom is -0.434 e. The van der Waals surface area contributed by atoms with Gasteiger partial charge >= 0.3 is 12.3 Å². The smallest absolute Gasteiger partial charge is 0.434 e. The normalized spacial score (nSPS) is 11.5. The van der Waals surface area contributed by atoms with E-state index in [9.17, 15) is 9.59 Å². The Hall–Kier alpha value is -3.54. The third kappa shape index (κ3) is 12.3. The average molecular weight is 521 g/mol. The van der Waals surface area contributed by atoms with Crippen LogP contribution in [0.3, 0.4) is 0 Å². The van der Waals surface area contributed by atoms with E-state index < -0.39 is 23.5 Å². The van der Waals surface area contributed by atoms with Gasteiger partial charge in [0, 0.05) is 12.1 Å². The second kappa shape index (κ2) is 14.3. The first-order chi connectivity index (χ1) is 17.5. The van der Waals surface area contributed by atoms with Gasteiger partial charge in [-0.25, -0.2) is 9.59 Å². The Morgan fingerprint density at radius 2 is 1.19 bits per heavy atom. The minimum absolute atomic E-state index is 0.0412. The Balaban J connectivity index is 1.58. The molecular weight excluding hydrogens is 484 g/mol. The molecule has 0 fully saturated rings. The van der Waals surface area contributed by atoms with E-state index in [1.807, 2.05) is 33.2 Å². The van der Waals surface area contributed by atoms with E-state index in [0.717, 1.165) is 0 Å². The van der Waals surface area contributed by atoms with Gasteiger partial charge in [-0.05, 0) is 82.6 Å². The SMILES string of the molecule is CC(C)(CCOC(=O)Oc1ccc(NO)cc1)OCCC(C)(C)OCCOC(=O)Oc1ccc(N)cc1. The highest BCUT2D eigenvalue weighted by molar-refractivity contribution is 5.64. The molecule has 0 atom stereocenters. The Morgan fingerprint density at radius 1 is 0.730 bits per heavy atom. The Kier molecular flexibility index (Phi) is 11.4. The first kappa shape index (κ1) is 29.7. The number of hydrogen-bond acceptors (Lipinski definition) is 11. The first-order valence-electron chi connectivity index (χ1n) is 11.8. The lowest BCUT2D eigenvalue weighted by molar-refractivity contribution is -0.0849. The first-order valence-corrected chi connectivity index (χ1v) is 11.8. The maximum absolute atomic E-state index is 11.9. The molecule has 0 spiro atoms. The van der Waals surface area contributed by atoms with Gasteiger partial charge in [0.15, 0.2) is 0 Å². The number of anilines is 2. The van der Waals surface area contributed by atoms with Crippen LogP contribution in [-0.4, -0.2) is 55.1 Å². The molecule has 0 aliphatic heterocycles. The molecule has 2 rings (SSSR count). The number of nitrogens with two attached hydrogens (primary N) is 1. The summed E-state index contributed by atoms with van der Waals surface area (Å²) < 4.78 is 32.0. The second-order valence-electron chi connectivity index (χ2n) is 9.32. The van der Waals surface area contributed by atoms with Crippen LogP contribution >= 0.6 is 0 Å². The van der Waals surface area contributed by atoms with Crippen LogP contribution in [0.5, 0.6) is 11.5 Å². The minimum atomic E-state index is -0.824. The molecule has 0 radical (unpaired) electrons. The molecule has 2 aromatic carbocycles. The summed E-state index contributed by atoms with van der Waals surface area (Å²) in [4.78, 5) is 23.6. The number of hydrogen-bond donors (Lipinski definition) is 3. The number of nitrogens with one attached hydrogen (secondary N) is 1. The van der Waals surface area contributed by atoms with Crippen LogP contribution in [0.4, 0.5) is 21.0 Å². The molecule has 11 nitrogen and oxygen atoms in total. The van der Waals surface area contributed by atoms with E-state index >= 15 is 0 Å². The third-order valence-electron chi connectivity index (χ3n) is 5.18. The highest BCUT2D eigenvalue weighted by Gasteiger charge is 2.23. The predicted molar refractivity (Wildman–Crippen MR) is 136 cm³/mol. The molecule has 0 bridgehead atoms. The lowest BCUT2D eigenvalue weighted by Gasteiger charge is -2.29. The van der Waals surface area contributed by atoms with Crippen molar-refractivity contribution in [1.82, 2.24) is 0 Å². The van der Waals surface area contributed by atoms with Crippen molar-refractivity contribution in [2.45, 2.75) is 51.7 Å². The lowest BCUT2D eigenvalue weighted by Crippen LogP contribution is -2.32. The quantitative estimate of drug-likeness (QED) is 0.0995. The van der Waals surface area contributed by atoms with Crippen molar-refractivity contribution in [3.8, 4) is 11.5 Å². The largest absolute Gasteiger partial charge is 0.513 e. The summed E-state index contributed by atoms with van der Waals surface area (Å²) in [7, 11) is 0. The monoisotopic (exact) mass is 520 g/mol. The molecule has 0 saturated heterocycles. The number of carbonyl (C=O) groups is 2. The van der Waals surface area contributed by atoms with E-state index in [0.29, 0.717) is 42.3 Å². The molecule has 0 aromatic heterocycles. The zero-order valence-electron chi connectivity index (χ0n) is 21.7. The van der Waals surface area contributed by atoms with Crippen molar-refractivity contribution in [2.24, 2.45) is 0 Å². The number of rotatable bonds is 14. The summed E-state index contributed by atoms with van der Waals surface area (Å²) in [6.07, 6.45) is -0.594. The van der Waals surface area contributed by atoms with Crippen molar-refractivity contribution in [2.75, 3.05) is 37.6 Å². The predicted octanol–water partition coefficient (Wildman–Crippen LogP) is 5.17. The molecule has 4 N–H and O–H groups in total. The molecular formula is C26H36N2O9. The molecule has 0 saturated carbocycles. The molecule has 0 unspecified atom stereocenters. The zero-order valence-corrected chi connectivity index (χ0v) is 21.7. The van der Waals surface area contributed by atoms with Crippen molar-refractivity contribution < 1.29 is 43.2 Å².